The fraction of sp³-hybridized carbons (Fsp3) is 0.429. The third-order valence-corrected chi connectivity index (χ3v) is 3.39. The maximum absolute atomic E-state index is 12.0. The average molecular weight is 278 g/mol. The van der Waals surface area contributed by atoms with E-state index < -0.39 is 24.1 Å². The molecule has 20 heavy (non-hydrogen) atoms. The third kappa shape index (κ3) is 2.45. The molecule has 1 heterocycles. The number of aryl methyl sites for hydroxylation is 1. The van der Waals surface area contributed by atoms with Crippen molar-refractivity contribution in [2.45, 2.75) is 33.2 Å². The van der Waals surface area contributed by atoms with Crippen molar-refractivity contribution in [3.05, 3.63) is 29.3 Å². The molecule has 0 saturated carbocycles. The number of amides is 1. The Hall–Kier alpha value is -1.76. The highest BCUT2D eigenvalue weighted by molar-refractivity contribution is 6.52. The molecule has 0 spiro atoms. The smallest absolute Gasteiger partial charge is 0.300 e. The molecule has 0 aromatic heterocycles. The maximum Gasteiger partial charge on any atom is 0.300 e. The molecule has 2 atom stereocenters. The second-order valence-electron chi connectivity index (χ2n) is 5.00. The normalized spacial score (nSPS) is 17.6. The van der Waals surface area contributed by atoms with Crippen LogP contribution in [0.4, 0.5) is 5.69 Å². The van der Waals surface area contributed by atoms with Crippen molar-refractivity contribution in [3.8, 4) is 0 Å². The molecular weight excluding hydrogens is 260 g/mol. The lowest BCUT2D eigenvalue weighted by atomic mass is 10.1. The van der Waals surface area contributed by atoms with Gasteiger partial charge in [0.15, 0.2) is 0 Å². The van der Waals surface area contributed by atoms with Gasteiger partial charge in [0.1, 0.15) is 12.5 Å². The summed E-state index contributed by atoms with van der Waals surface area (Å²) >= 11 is 0. The van der Waals surface area contributed by atoms with Gasteiger partial charge in [0.05, 0.1) is 17.9 Å². The Balaban J connectivity index is 2.34. The van der Waals surface area contributed by atoms with Crippen molar-refractivity contribution in [3.63, 3.8) is 0 Å². The molecule has 108 valence electrons. The summed E-state index contributed by atoms with van der Waals surface area (Å²) in [5.74, 6) is -1.20. The Morgan fingerprint density at radius 3 is 2.35 bits per heavy atom. The van der Waals surface area contributed by atoms with Gasteiger partial charge >= 0.3 is 5.91 Å². The van der Waals surface area contributed by atoms with Crippen molar-refractivity contribution in [2.75, 3.05) is 11.6 Å². The lowest BCUT2D eigenvalue weighted by molar-refractivity contribution is -0.117. The van der Waals surface area contributed by atoms with E-state index in [2.05, 4.69) is 0 Å². The van der Waals surface area contributed by atoms with Crippen LogP contribution in [0.5, 0.6) is 0 Å². The molecule has 6 heteroatoms. The van der Waals surface area contributed by atoms with Crippen LogP contribution < -0.4 is 4.90 Å². The molecule has 1 amide bonds. The minimum atomic E-state index is -0.938. The lowest BCUT2D eigenvalue weighted by Gasteiger charge is -2.32. The first kappa shape index (κ1) is 14.6. The number of rotatable bonds is 4. The molecule has 6 nitrogen and oxygen atoms in total. The molecule has 0 saturated heterocycles. The highest BCUT2D eigenvalue weighted by Crippen LogP contribution is 2.30. The van der Waals surface area contributed by atoms with Gasteiger partial charge in [0, 0.05) is 0 Å². The highest BCUT2D eigenvalue weighted by Gasteiger charge is 2.37. The predicted octanol–water partition coefficient (Wildman–Crippen LogP) is 0.460. The average Bonchev–Trinajstić information content (AvgIpc) is 2.59. The number of carbonyl (C=O) groups is 2. The molecular formula is C14H18N2O4. The molecule has 1 aliphatic heterocycles. The number of benzene rings is 1. The fourth-order valence-electron chi connectivity index (χ4n) is 2.27. The zero-order valence-corrected chi connectivity index (χ0v) is 11.7. The van der Waals surface area contributed by atoms with Gasteiger partial charge in [0.25, 0.3) is 5.78 Å². The summed E-state index contributed by atoms with van der Waals surface area (Å²) in [6.07, 6.45) is -1.88. The monoisotopic (exact) mass is 278 g/mol. The van der Waals surface area contributed by atoms with Crippen molar-refractivity contribution in [1.29, 1.82) is 0 Å². The van der Waals surface area contributed by atoms with Crippen LogP contribution in [-0.4, -0.2) is 45.9 Å². The first-order valence-corrected chi connectivity index (χ1v) is 6.41. The van der Waals surface area contributed by atoms with Crippen molar-refractivity contribution >= 4 is 17.4 Å². The van der Waals surface area contributed by atoms with Crippen LogP contribution in [0, 0.1) is 6.92 Å². The van der Waals surface area contributed by atoms with Gasteiger partial charge in [-0.3, -0.25) is 14.5 Å². The number of aliphatic hydroxyl groups excluding tert-OH is 2. The van der Waals surface area contributed by atoms with Gasteiger partial charge < -0.3 is 10.2 Å². The quantitative estimate of drug-likeness (QED) is 0.618. The minimum Gasteiger partial charge on any atom is -0.379 e. The summed E-state index contributed by atoms with van der Waals surface area (Å²) < 4.78 is 0. The Morgan fingerprint density at radius 1 is 1.20 bits per heavy atom. The summed E-state index contributed by atoms with van der Waals surface area (Å²) in [6, 6.07) is 5.19. The number of hydrogen-bond donors (Lipinski definition) is 2. The van der Waals surface area contributed by atoms with Crippen LogP contribution in [0.15, 0.2) is 18.2 Å². The molecule has 2 rings (SSSR count). The molecule has 2 N–H and O–H groups in total. The molecule has 1 aromatic carbocycles. The van der Waals surface area contributed by atoms with E-state index in [1.807, 2.05) is 13.0 Å². The SMILES string of the molecule is Cc1ccc2c(c1)C(=O)C(=O)N2CN(C(C)O)C(C)O. The number of ketones is 1. The van der Waals surface area contributed by atoms with Gasteiger partial charge in [-0.2, -0.15) is 0 Å². The Morgan fingerprint density at radius 2 is 1.80 bits per heavy atom. The van der Waals surface area contributed by atoms with Gasteiger partial charge in [-0.25, -0.2) is 4.90 Å². The number of hydrogen-bond acceptors (Lipinski definition) is 5. The van der Waals surface area contributed by atoms with Crippen molar-refractivity contribution in [2.24, 2.45) is 0 Å². The van der Waals surface area contributed by atoms with Crippen LogP contribution in [0.3, 0.4) is 0 Å². The lowest BCUT2D eigenvalue weighted by Crippen LogP contribution is -2.48. The summed E-state index contributed by atoms with van der Waals surface area (Å²) in [7, 11) is 0. The first-order valence-electron chi connectivity index (χ1n) is 6.41. The maximum atomic E-state index is 12.0. The number of Topliss-reactive ketones (excluding diaryl/α,β-unsaturated/α-hetero) is 1. The van der Waals surface area contributed by atoms with E-state index in [0.29, 0.717) is 11.3 Å². The summed E-state index contributed by atoms with van der Waals surface area (Å²) in [5, 5.41) is 19.3. The molecule has 2 unspecified atom stereocenters. The summed E-state index contributed by atoms with van der Waals surface area (Å²) in [4.78, 5) is 26.6. The standard InChI is InChI=1S/C14H18N2O4/c1-8-4-5-12-11(6-8)13(19)14(20)16(12)7-15(9(2)17)10(3)18/h4-6,9-10,17-18H,7H2,1-3H3. The van der Waals surface area contributed by atoms with Gasteiger partial charge in [-0.1, -0.05) is 11.6 Å². The van der Waals surface area contributed by atoms with E-state index in [1.54, 1.807) is 12.1 Å². The van der Waals surface area contributed by atoms with E-state index in [0.717, 1.165) is 5.56 Å². The zero-order valence-electron chi connectivity index (χ0n) is 11.7. The largest absolute Gasteiger partial charge is 0.379 e. The number of anilines is 1. The van der Waals surface area contributed by atoms with Crippen LogP contribution >= 0.6 is 0 Å². The van der Waals surface area contributed by atoms with E-state index in [-0.39, 0.29) is 6.67 Å². The molecule has 0 bridgehead atoms. The van der Waals surface area contributed by atoms with Gasteiger partial charge in [-0.15, -0.1) is 0 Å². The van der Waals surface area contributed by atoms with Crippen LogP contribution in [0.1, 0.15) is 29.8 Å². The molecule has 1 aliphatic rings. The topological polar surface area (TPSA) is 81.1 Å². The Bertz CT molecular complexity index is 546. The Labute approximate surface area is 117 Å². The minimum absolute atomic E-state index is 0.0457. The second-order valence-corrected chi connectivity index (χ2v) is 5.00. The molecule has 0 fully saturated rings. The van der Waals surface area contributed by atoms with E-state index in [9.17, 15) is 19.8 Å². The highest BCUT2D eigenvalue weighted by atomic mass is 16.3. The van der Waals surface area contributed by atoms with E-state index in [4.69, 9.17) is 0 Å². The zero-order chi connectivity index (χ0) is 15.0. The fourth-order valence-corrected chi connectivity index (χ4v) is 2.27. The Kier molecular flexibility index (Phi) is 3.89. The van der Waals surface area contributed by atoms with E-state index >= 15 is 0 Å². The van der Waals surface area contributed by atoms with Crippen molar-refractivity contribution < 1.29 is 19.8 Å². The van der Waals surface area contributed by atoms with Crippen molar-refractivity contribution in [1.82, 2.24) is 4.90 Å². The van der Waals surface area contributed by atoms with E-state index in [1.165, 1.54) is 23.6 Å². The second kappa shape index (κ2) is 5.32. The molecule has 0 radical (unpaired) electrons. The summed E-state index contributed by atoms with van der Waals surface area (Å²) in [6.45, 7) is 4.78. The predicted molar refractivity (Wildman–Crippen MR) is 73.1 cm³/mol. The number of fused-ring (bicyclic) bond motifs is 1. The van der Waals surface area contributed by atoms with Crippen LogP contribution in [-0.2, 0) is 4.79 Å². The first-order chi connectivity index (χ1) is 9.32. The van der Waals surface area contributed by atoms with Crippen LogP contribution in [0.2, 0.25) is 0 Å². The molecule has 0 aliphatic carbocycles. The van der Waals surface area contributed by atoms with Gasteiger partial charge in [0.2, 0.25) is 0 Å². The van der Waals surface area contributed by atoms with Crippen LogP contribution in [0.25, 0.3) is 0 Å². The molecule has 1 aromatic rings. The third-order valence-electron chi connectivity index (χ3n) is 3.39. The van der Waals surface area contributed by atoms with Gasteiger partial charge in [-0.05, 0) is 32.9 Å². The number of nitrogens with zero attached hydrogens (tertiary/aromatic N) is 2. The number of carbonyl (C=O) groups excluding carboxylic acids is 2. The number of aliphatic hydroxyl groups is 2. The summed E-state index contributed by atoms with van der Waals surface area (Å²) in [5.41, 5.74) is 1.78.